The minimum Gasteiger partial charge on any atom is -0.507 e. The minimum absolute atomic E-state index is 0.269. The van der Waals surface area contributed by atoms with E-state index in [1.807, 2.05) is 13.0 Å². The van der Waals surface area contributed by atoms with E-state index in [1.165, 1.54) is 6.08 Å². The van der Waals surface area contributed by atoms with Crippen LogP contribution in [0.5, 0.6) is 0 Å². The smallest absolute Gasteiger partial charge is 0.197 e. The zero-order valence-electron chi connectivity index (χ0n) is 11.8. The molecule has 0 heterocycles. The Kier molecular flexibility index (Phi) is 3.91. The number of aliphatic hydroxyl groups is 3. The van der Waals surface area contributed by atoms with Gasteiger partial charge in [-0.3, -0.25) is 0 Å². The van der Waals surface area contributed by atoms with Gasteiger partial charge in [-0.2, -0.15) is 3.89 Å². The third-order valence-corrected chi connectivity index (χ3v) is 4.69. The van der Waals surface area contributed by atoms with Gasteiger partial charge in [0.2, 0.25) is 0 Å². The van der Waals surface area contributed by atoms with Crippen molar-refractivity contribution in [3.05, 3.63) is 46.1 Å². The highest BCUT2D eigenvalue weighted by atomic mass is 32.2. The number of allylic oxidation sites excluding steroid dienone is 3. The average molecular weight is 298 g/mol. The molecule has 0 amide bonds. The molecule has 2 unspecified atom stereocenters. The Balaban J connectivity index is 2.67. The van der Waals surface area contributed by atoms with Gasteiger partial charge in [0.15, 0.2) is 17.3 Å². The molecule has 2 bridgehead atoms. The maximum absolute atomic E-state index is 13.0. The van der Waals surface area contributed by atoms with Gasteiger partial charge in [0.25, 0.3) is 0 Å². The second kappa shape index (κ2) is 5.20. The molecule has 20 heavy (non-hydrogen) atoms. The van der Waals surface area contributed by atoms with Crippen LogP contribution in [0, 0.1) is 5.41 Å². The summed E-state index contributed by atoms with van der Waals surface area (Å²) < 4.78 is 13.0. The van der Waals surface area contributed by atoms with E-state index in [4.69, 9.17) is 0 Å². The van der Waals surface area contributed by atoms with Gasteiger partial charge in [-0.05, 0) is 38.3 Å². The van der Waals surface area contributed by atoms with Crippen molar-refractivity contribution in [3.63, 3.8) is 0 Å². The fourth-order valence-corrected chi connectivity index (χ4v) is 3.45. The zero-order valence-corrected chi connectivity index (χ0v) is 12.6. The molecule has 0 radical (unpaired) electrons. The van der Waals surface area contributed by atoms with Crippen LogP contribution in [0.25, 0.3) is 0 Å². The summed E-state index contributed by atoms with van der Waals surface area (Å²) in [5.41, 5.74) is 1.68. The molecule has 0 saturated heterocycles. The average Bonchev–Trinajstić information content (AvgIpc) is 2.48. The topological polar surface area (TPSA) is 60.7 Å². The fourth-order valence-electron chi connectivity index (χ4n) is 3.12. The third kappa shape index (κ3) is 2.14. The lowest BCUT2D eigenvalue weighted by Crippen LogP contribution is -2.27. The van der Waals surface area contributed by atoms with E-state index in [0.717, 1.165) is 16.7 Å². The summed E-state index contributed by atoms with van der Waals surface area (Å²) in [6, 6.07) is 0. The molecular formula is C15H19FO3S. The van der Waals surface area contributed by atoms with Crippen molar-refractivity contribution in [1.82, 2.24) is 0 Å². The van der Waals surface area contributed by atoms with Crippen LogP contribution in [0.2, 0.25) is 0 Å². The first-order valence-corrected chi connectivity index (χ1v) is 7.38. The number of halogens is 1. The number of hydrogen-bond donors (Lipinski definition) is 3. The van der Waals surface area contributed by atoms with Crippen LogP contribution in [0.15, 0.2) is 46.1 Å². The molecule has 2 atom stereocenters. The summed E-state index contributed by atoms with van der Waals surface area (Å²) in [6.45, 7) is 5.50. The Hall–Kier alpha value is -1.36. The summed E-state index contributed by atoms with van der Waals surface area (Å²) >= 11 is 0.269. The Labute approximate surface area is 122 Å². The van der Waals surface area contributed by atoms with Crippen molar-refractivity contribution in [2.75, 3.05) is 0 Å². The van der Waals surface area contributed by atoms with Crippen LogP contribution in [0.3, 0.4) is 0 Å². The molecule has 0 spiro atoms. The molecule has 3 nitrogen and oxygen atoms in total. The van der Waals surface area contributed by atoms with Crippen LogP contribution in [-0.2, 0) is 0 Å². The van der Waals surface area contributed by atoms with Gasteiger partial charge < -0.3 is 15.3 Å². The van der Waals surface area contributed by atoms with Crippen LogP contribution in [-0.4, -0.2) is 20.6 Å². The summed E-state index contributed by atoms with van der Waals surface area (Å²) in [6.07, 6.45) is 4.42. The highest BCUT2D eigenvalue weighted by Gasteiger charge is 2.41. The molecule has 0 aromatic carbocycles. The first-order chi connectivity index (χ1) is 9.35. The molecule has 110 valence electrons. The van der Waals surface area contributed by atoms with Gasteiger partial charge in [0.05, 0.1) is 22.8 Å². The molecule has 2 aliphatic carbocycles. The molecule has 3 N–H and O–H groups in total. The van der Waals surface area contributed by atoms with E-state index in [-0.39, 0.29) is 28.9 Å². The van der Waals surface area contributed by atoms with Crippen LogP contribution in [0.1, 0.15) is 33.6 Å². The van der Waals surface area contributed by atoms with Crippen LogP contribution >= 0.6 is 12.1 Å². The fraction of sp³-hybridized carbons (Fsp3) is 0.467. The monoisotopic (exact) mass is 298 g/mol. The van der Waals surface area contributed by atoms with Crippen molar-refractivity contribution < 1.29 is 19.2 Å². The van der Waals surface area contributed by atoms with E-state index in [1.54, 1.807) is 13.8 Å². The summed E-state index contributed by atoms with van der Waals surface area (Å²) in [4.78, 5) is 0. The molecule has 0 aliphatic heterocycles. The van der Waals surface area contributed by atoms with Gasteiger partial charge >= 0.3 is 0 Å². The quantitative estimate of drug-likeness (QED) is 0.654. The molecular weight excluding hydrogens is 279 g/mol. The van der Waals surface area contributed by atoms with Crippen LogP contribution < -0.4 is 0 Å². The standard InChI is InChI=1S/C15H19FO3S/c1-4-11-10(8(2)20-16)5-9-6-12(17)13(18)14(19)15(11,3)7-9/h6-8,17-19H,4-5H2,1-3H3. The van der Waals surface area contributed by atoms with E-state index < -0.39 is 11.2 Å². The number of rotatable bonds is 3. The van der Waals surface area contributed by atoms with E-state index in [9.17, 15) is 19.2 Å². The van der Waals surface area contributed by atoms with E-state index in [2.05, 4.69) is 0 Å². The number of fused-ring (bicyclic) bond motifs is 1. The Morgan fingerprint density at radius 1 is 1.40 bits per heavy atom. The number of aliphatic hydroxyl groups excluding tert-OH is 3. The zero-order chi connectivity index (χ0) is 15.1. The molecule has 2 aliphatic rings. The third-order valence-electron chi connectivity index (χ3n) is 4.14. The maximum atomic E-state index is 13.0. The Morgan fingerprint density at radius 2 is 2.05 bits per heavy atom. The van der Waals surface area contributed by atoms with Crippen molar-refractivity contribution in [3.8, 4) is 0 Å². The molecule has 0 fully saturated rings. The highest BCUT2D eigenvalue weighted by Crippen LogP contribution is 2.49. The maximum Gasteiger partial charge on any atom is 0.197 e. The lowest BCUT2D eigenvalue weighted by Gasteiger charge is -2.35. The lowest BCUT2D eigenvalue weighted by molar-refractivity contribution is 0.241. The minimum atomic E-state index is -0.896. The van der Waals surface area contributed by atoms with Gasteiger partial charge in [-0.1, -0.05) is 24.1 Å². The summed E-state index contributed by atoms with van der Waals surface area (Å²) in [7, 11) is 0. The molecule has 2 rings (SSSR count). The second-order valence-electron chi connectivity index (χ2n) is 5.41. The summed E-state index contributed by atoms with van der Waals surface area (Å²) in [5, 5.41) is 29.7. The first-order valence-electron chi connectivity index (χ1n) is 6.60. The SMILES string of the molecule is CCC1=C(C(C)SF)CC2=CC1(C)C(O)=C(O)C(O)=C2. The normalized spacial score (nSPS) is 28.0. The van der Waals surface area contributed by atoms with Gasteiger partial charge in [-0.15, -0.1) is 0 Å². The van der Waals surface area contributed by atoms with Gasteiger partial charge in [-0.25, -0.2) is 0 Å². The summed E-state index contributed by atoms with van der Waals surface area (Å²) in [5.74, 6) is -1.15. The van der Waals surface area contributed by atoms with Crippen LogP contribution in [0.4, 0.5) is 3.89 Å². The molecule has 0 aromatic heterocycles. The van der Waals surface area contributed by atoms with Crippen molar-refractivity contribution in [1.29, 1.82) is 0 Å². The van der Waals surface area contributed by atoms with Gasteiger partial charge in [0.1, 0.15) is 0 Å². The van der Waals surface area contributed by atoms with Gasteiger partial charge in [0, 0.05) is 0 Å². The Bertz CT molecular complexity index is 559. The highest BCUT2D eigenvalue weighted by molar-refractivity contribution is 7.95. The predicted molar refractivity (Wildman–Crippen MR) is 79.3 cm³/mol. The van der Waals surface area contributed by atoms with Crippen molar-refractivity contribution in [2.24, 2.45) is 5.41 Å². The van der Waals surface area contributed by atoms with E-state index >= 15 is 0 Å². The molecule has 0 aromatic rings. The first kappa shape index (κ1) is 15.0. The number of hydrogen-bond acceptors (Lipinski definition) is 4. The Morgan fingerprint density at radius 3 is 2.60 bits per heavy atom. The van der Waals surface area contributed by atoms with Crippen molar-refractivity contribution in [2.45, 2.75) is 38.9 Å². The van der Waals surface area contributed by atoms with E-state index in [0.29, 0.717) is 12.8 Å². The lowest BCUT2D eigenvalue weighted by atomic mass is 9.70. The van der Waals surface area contributed by atoms with Crippen molar-refractivity contribution >= 4 is 12.1 Å². The second-order valence-corrected chi connectivity index (χ2v) is 6.30. The predicted octanol–water partition coefficient (Wildman–Crippen LogP) is 4.82. The molecule has 0 saturated carbocycles. The largest absolute Gasteiger partial charge is 0.507 e. The molecule has 5 heteroatoms.